The first-order chi connectivity index (χ1) is 13.1. The predicted octanol–water partition coefficient (Wildman–Crippen LogP) is 4.27. The molecule has 27 heavy (non-hydrogen) atoms. The van der Waals surface area contributed by atoms with E-state index in [4.69, 9.17) is 16.3 Å². The van der Waals surface area contributed by atoms with E-state index in [1.54, 1.807) is 25.3 Å². The third kappa shape index (κ3) is 3.84. The van der Waals surface area contributed by atoms with E-state index in [0.29, 0.717) is 27.1 Å². The first kappa shape index (κ1) is 17.6. The molecular weight excluding hydrogens is 384 g/mol. The van der Waals surface area contributed by atoms with Crippen molar-refractivity contribution in [3.8, 4) is 17.1 Å². The highest BCUT2D eigenvalue weighted by Gasteiger charge is 2.08. The number of methoxy groups -OCH3 is 1. The van der Waals surface area contributed by atoms with Crippen molar-refractivity contribution in [2.75, 3.05) is 7.11 Å². The van der Waals surface area contributed by atoms with E-state index in [2.05, 4.69) is 20.2 Å². The zero-order valence-corrected chi connectivity index (χ0v) is 15.9. The van der Waals surface area contributed by atoms with Crippen molar-refractivity contribution in [2.24, 2.45) is 0 Å². The van der Waals surface area contributed by atoms with Gasteiger partial charge in [-0.3, -0.25) is 9.89 Å². The van der Waals surface area contributed by atoms with Gasteiger partial charge < -0.3 is 9.72 Å². The van der Waals surface area contributed by atoms with Gasteiger partial charge in [-0.15, -0.1) is 5.10 Å². The summed E-state index contributed by atoms with van der Waals surface area (Å²) in [5.41, 5.74) is 2.42. The van der Waals surface area contributed by atoms with E-state index >= 15 is 0 Å². The largest absolute Gasteiger partial charge is 0.497 e. The zero-order valence-electron chi connectivity index (χ0n) is 14.3. The molecule has 0 saturated heterocycles. The van der Waals surface area contributed by atoms with Gasteiger partial charge in [0.25, 0.3) is 0 Å². The number of aromatic nitrogens is 4. The number of nitrogens with zero attached hydrogens (tertiary/aromatic N) is 2. The van der Waals surface area contributed by atoms with Gasteiger partial charge in [0.15, 0.2) is 11.3 Å². The quantitative estimate of drug-likeness (QED) is 0.490. The van der Waals surface area contributed by atoms with Gasteiger partial charge in [-0.05, 0) is 42.5 Å². The van der Waals surface area contributed by atoms with E-state index < -0.39 is 0 Å². The summed E-state index contributed by atoms with van der Waals surface area (Å²) in [5.74, 6) is 2.02. The van der Waals surface area contributed by atoms with Gasteiger partial charge in [0.05, 0.1) is 7.11 Å². The summed E-state index contributed by atoms with van der Waals surface area (Å²) < 4.78 is 5.16. The highest BCUT2D eigenvalue weighted by atomic mass is 35.5. The minimum atomic E-state index is -0.0595. The summed E-state index contributed by atoms with van der Waals surface area (Å²) in [6.07, 6.45) is 0. The summed E-state index contributed by atoms with van der Waals surface area (Å²) in [6, 6.07) is 14.4. The fourth-order valence-corrected chi connectivity index (χ4v) is 3.56. The number of aromatic amines is 2. The number of H-pyrrole nitrogens is 2. The van der Waals surface area contributed by atoms with Crippen LogP contribution < -0.4 is 10.2 Å². The van der Waals surface area contributed by atoms with Gasteiger partial charge in [0.2, 0.25) is 5.16 Å². The Bertz CT molecular complexity index is 1150. The lowest BCUT2D eigenvalue weighted by molar-refractivity contribution is 0.415. The van der Waals surface area contributed by atoms with Crippen LogP contribution in [0, 0.1) is 0 Å². The molecular formula is C19H15ClN4O2S. The summed E-state index contributed by atoms with van der Waals surface area (Å²) in [4.78, 5) is 20.0. The second kappa shape index (κ2) is 7.46. The normalized spacial score (nSPS) is 11.0. The molecule has 136 valence electrons. The molecule has 2 aromatic heterocycles. The summed E-state index contributed by atoms with van der Waals surface area (Å²) in [5, 5.41) is 8.90. The van der Waals surface area contributed by atoms with Crippen LogP contribution in [-0.2, 0) is 5.75 Å². The van der Waals surface area contributed by atoms with Crippen molar-refractivity contribution in [1.82, 2.24) is 20.2 Å². The van der Waals surface area contributed by atoms with E-state index in [9.17, 15) is 4.79 Å². The monoisotopic (exact) mass is 398 g/mol. The van der Waals surface area contributed by atoms with Crippen LogP contribution >= 0.6 is 23.4 Å². The average molecular weight is 399 g/mol. The molecule has 0 spiro atoms. The molecule has 0 aliphatic heterocycles. The molecule has 0 fully saturated rings. The minimum absolute atomic E-state index is 0.0595. The van der Waals surface area contributed by atoms with Crippen LogP contribution in [0.3, 0.4) is 0 Å². The van der Waals surface area contributed by atoms with Gasteiger partial charge in [0.1, 0.15) is 5.75 Å². The molecule has 0 unspecified atom stereocenters. The van der Waals surface area contributed by atoms with E-state index in [1.807, 2.05) is 30.3 Å². The Kier molecular flexibility index (Phi) is 4.87. The Hall–Kier alpha value is -2.77. The van der Waals surface area contributed by atoms with Gasteiger partial charge in [-0.1, -0.05) is 23.4 Å². The van der Waals surface area contributed by atoms with Crippen LogP contribution in [0.5, 0.6) is 5.75 Å². The molecule has 8 heteroatoms. The predicted molar refractivity (Wildman–Crippen MR) is 108 cm³/mol. The number of thioether (sulfide) groups is 1. The Labute approximate surface area is 163 Å². The number of hydrogen-bond donors (Lipinski definition) is 2. The topological polar surface area (TPSA) is 83.7 Å². The third-order valence-corrected chi connectivity index (χ3v) is 5.16. The Balaban J connectivity index is 1.50. The molecule has 0 amide bonds. The number of fused-ring (bicyclic) bond motifs is 1. The molecule has 0 radical (unpaired) electrons. The van der Waals surface area contributed by atoms with Gasteiger partial charge in [-0.2, -0.15) is 0 Å². The van der Waals surface area contributed by atoms with Crippen molar-refractivity contribution in [3.63, 3.8) is 0 Å². The number of hydrogen-bond acceptors (Lipinski definition) is 5. The first-order valence-corrected chi connectivity index (χ1v) is 9.50. The number of ether oxygens (including phenoxy) is 1. The fraction of sp³-hybridized carbons (Fsp3) is 0.105. The van der Waals surface area contributed by atoms with E-state index in [-0.39, 0.29) is 5.43 Å². The second-order valence-electron chi connectivity index (χ2n) is 5.83. The molecule has 0 aliphatic carbocycles. The molecule has 2 aromatic carbocycles. The third-order valence-electron chi connectivity index (χ3n) is 4.03. The van der Waals surface area contributed by atoms with Crippen molar-refractivity contribution < 1.29 is 4.74 Å². The SMILES string of the molecule is COc1ccc(-c2nc(SCc3cc(=O)c4cc(Cl)ccc4[nH]3)n[nH]2)cc1. The first-order valence-electron chi connectivity index (χ1n) is 8.13. The van der Waals surface area contributed by atoms with E-state index in [0.717, 1.165) is 22.5 Å². The van der Waals surface area contributed by atoms with Crippen molar-refractivity contribution in [3.05, 3.63) is 69.5 Å². The molecule has 6 nitrogen and oxygen atoms in total. The maximum Gasteiger partial charge on any atom is 0.209 e. The lowest BCUT2D eigenvalue weighted by atomic mass is 10.2. The fourth-order valence-electron chi connectivity index (χ4n) is 2.68. The second-order valence-corrected chi connectivity index (χ2v) is 7.21. The Morgan fingerprint density at radius 3 is 2.74 bits per heavy atom. The van der Waals surface area contributed by atoms with Crippen LogP contribution in [0.15, 0.2) is 58.5 Å². The molecule has 4 rings (SSSR count). The van der Waals surface area contributed by atoms with Gasteiger partial charge in [0, 0.05) is 39.0 Å². The molecule has 2 heterocycles. The molecule has 0 bridgehead atoms. The lowest BCUT2D eigenvalue weighted by Crippen LogP contribution is -2.04. The number of nitrogens with one attached hydrogen (secondary N) is 2. The van der Waals surface area contributed by atoms with Crippen LogP contribution in [0.4, 0.5) is 0 Å². The smallest absolute Gasteiger partial charge is 0.209 e. The van der Waals surface area contributed by atoms with Crippen LogP contribution in [0.2, 0.25) is 5.02 Å². The summed E-state index contributed by atoms with van der Waals surface area (Å²) in [6.45, 7) is 0. The molecule has 0 aliphatic rings. The highest BCUT2D eigenvalue weighted by Crippen LogP contribution is 2.24. The Morgan fingerprint density at radius 1 is 1.15 bits per heavy atom. The minimum Gasteiger partial charge on any atom is -0.497 e. The number of rotatable bonds is 5. The van der Waals surface area contributed by atoms with Crippen molar-refractivity contribution in [1.29, 1.82) is 0 Å². The molecule has 0 atom stereocenters. The molecule has 0 saturated carbocycles. The lowest BCUT2D eigenvalue weighted by Gasteiger charge is -2.03. The number of benzene rings is 2. The highest BCUT2D eigenvalue weighted by molar-refractivity contribution is 7.98. The van der Waals surface area contributed by atoms with Gasteiger partial charge >= 0.3 is 0 Å². The van der Waals surface area contributed by atoms with Crippen LogP contribution in [-0.4, -0.2) is 27.3 Å². The Morgan fingerprint density at radius 2 is 1.96 bits per heavy atom. The maximum absolute atomic E-state index is 12.3. The standard InChI is InChI=1S/C19H15ClN4O2S/c1-26-14-5-2-11(3-6-14)18-22-19(24-23-18)27-10-13-9-17(25)15-8-12(20)4-7-16(15)21-13/h2-9H,10H2,1H3,(H,21,25)(H,22,23,24). The molecule has 4 aromatic rings. The average Bonchev–Trinajstić information content (AvgIpc) is 3.16. The van der Waals surface area contributed by atoms with Crippen molar-refractivity contribution >= 4 is 34.3 Å². The number of pyridine rings is 1. The van der Waals surface area contributed by atoms with Gasteiger partial charge in [-0.25, -0.2) is 4.98 Å². The van der Waals surface area contributed by atoms with E-state index in [1.165, 1.54) is 11.8 Å². The maximum atomic E-state index is 12.3. The zero-order chi connectivity index (χ0) is 18.8. The van der Waals surface area contributed by atoms with Crippen molar-refractivity contribution in [2.45, 2.75) is 10.9 Å². The summed E-state index contributed by atoms with van der Waals surface area (Å²) >= 11 is 7.40. The number of halogens is 1. The van der Waals surface area contributed by atoms with Crippen LogP contribution in [0.1, 0.15) is 5.69 Å². The molecule has 2 N–H and O–H groups in total. The van der Waals surface area contributed by atoms with Crippen LogP contribution in [0.25, 0.3) is 22.3 Å². The summed E-state index contributed by atoms with van der Waals surface area (Å²) in [7, 11) is 1.63.